The Morgan fingerprint density at radius 3 is 2.31 bits per heavy atom. The number of benzene rings is 2. The van der Waals surface area contributed by atoms with Crippen molar-refractivity contribution in [1.29, 1.82) is 0 Å². The first-order valence-corrected chi connectivity index (χ1v) is 11.9. The number of piperazine rings is 1. The molecule has 2 aromatic carbocycles. The van der Waals surface area contributed by atoms with Crippen molar-refractivity contribution in [2.45, 2.75) is 19.6 Å². The highest BCUT2D eigenvalue weighted by atomic mass is 35.5. The van der Waals surface area contributed by atoms with Crippen LogP contribution in [0.4, 0.5) is 0 Å². The topological polar surface area (TPSA) is 92.0 Å². The molecule has 2 fully saturated rings. The molecule has 2 aliphatic rings. The van der Waals surface area contributed by atoms with E-state index in [0.29, 0.717) is 23.7 Å². The fourth-order valence-electron chi connectivity index (χ4n) is 4.18. The van der Waals surface area contributed by atoms with Gasteiger partial charge in [-0.15, -0.1) is 10.2 Å². The van der Waals surface area contributed by atoms with E-state index in [9.17, 15) is 9.59 Å². The smallest absolute Gasteiger partial charge is 0.311 e. The van der Waals surface area contributed by atoms with E-state index in [2.05, 4.69) is 27.2 Å². The maximum absolute atomic E-state index is 12.6. The number of hydrogen-bond acceptors (Lipinski definition) is 7. The molecule has 35 heavy (non-hydrogen) atoms. The molecule has 0 N–H and O–H groups in total. The summed E-state index contributed by atoms with van der Waals surface area (Å²) in [5, 5.41) is 8.47. The lowest BCUT2D eigenvalue weighted by atomic mass is 10.1. The van der Waals surface area contributed by atoms with Crippen LogP contribution in [0, 0.1) is 0 Å². The first-order valence-electron chi connectivity index (χ1n) is 11.6. The van der Waals surface area contributed by atoms with Crippen LogP contribution < -0.4 is 4.74 Å². The van der Waals surface area contributed by atoms with Gasteiger partial charge in [-0.1, -0.05) is 23.7 Å². The Balaban J connectivity index is 1.08. The Morgan fingerprint density at radius 1 is 0.971 bits per heavy atom. The van der Waals surface area contributed by atoms with E-state index < -0.39 is 0 Å². The predicted octanol–water partition coefficient (Wildman–Crippen LogP) is 2.96. The summed E-state index contributed by atoms with van der Waals surface area (Å²) in [7, 11) is 0. The van der Waals surface area contributed by atoms with Crippen LogP contribution in [-0.4, -0.2) is 82.1 Å². The molecule has 5 rings (SSSR count). The van der Waals surface area contributed by atoms with Crippen molar-refractivity contribution >= 4 is 23.4 Å². The zero-order valence-corrected chi connectivity index (χ0v) is 20.1. The van der Waals surface area contributed by atoms with E-state index in [1.165, 1.54) is 5.56 Å². The van der Waals surface area contributed by atoms with Crippen LogP contribution in [0.2, 0.25) is 5.02 Å². The molecule has 0 saturated carbocycles. The highest BCUT2D eigenvalue weighted by molar-refractivity contribution is 6.30. The third kappa shape index (κ3) is 5.47. The number of carbonyl (C=O) groups is 2. The number of rotatable bonds is 6. The number of halogens is 1. The van der Waals surface area contributed by atoms with E-state index in [0.717, 1.165) is 38.5 Å². The molecule has 0 unspecified atom stereocenters. The van der Waals surface area contributed by atoms with Crippen molar-refractivity contribution in [1.82, 2.24) is 24.9 Å². The third-order valence-electron chi connectivity index (χ3n) is 6.28. The van der Waals surface area contributed by atoms with Gasteiger partial charge < -0.3 is 19.0 Å². The van der Waals surface area contributed by atoms with Gasteiger partial charge in [0, 0.05) is 50.2 Å². The van der Waals surface area contributed by atoms with Gasteiger partial charge >= 0.3 is 11.8 Å². The second-order valence-electron chi connectivity index (χ2n) is 8.80. The van der Waals surface area contributed by atoms with Gasteiger partial charge in [-0.3, -0.25) is 14.5 Å². The first-order chi connectivity index (χ1) is 16.9. The minimum absolute atomic E-state index is 0.0399. The van der Waals surface area contributed by atoms with Crippen LogP contribution in [0.1, 0.15) is 23.2 Å². The Morgan fingerprint density at radius 2 is 1.66 bits per heavy atom. The number of amides is 2. The summed E-state index contributed by atoms with van der Waals surface area (Å²) in [5.41, 5.74) is 1.90. The quantitative estimate of drug-likeness (QED) is 0.519. The van der Waals surface area contributed by atoms with Gasteiger partial charge in [0.1, 0.15) is 11.9 Å². The number of ether oxygens (including phenoxy) is 1. The summed E-state index contributed by atoms with van der Waals surface area (Å²) in [5.74, 6) is 0.844. The molecule has 182 valence electrons. The molecule has 3 heterocycles. The van der Waals surface area contributed by atoms with E-state index in [1.54, 1.807) is 36.1 Å². The Labute approximate surface area is 208 Å². The van der Waals surface area contributed by atoms with Crippen molar-refractivity contribution in [3.05, 3.63) is 65.0 Å². The van der Waals surface area contributed by atoms with Gasteiger partial charge in [-0.25, -0.2) is 0 Å². The summed E-state index contributed by atoms with van der Waals surface area (Å²) in [4.78, 5) is 30.0. The third-order valence-corrected chi connectivity index (χ3v) is 6.54. The average Bonchev–Trinajstić information content (AvgIpc) is 3.33. The molecule has 2 amide bonds. The molecule has 0 atom stereocenters. The van der Waals surface area contributed by atoms with E-state index in [4.69, 9.17) is 20.8 Å². The van der Waals surface area contributed by atoms with Crippen molar-refractivity contribution < 1.29 is 18.7 Å². The van der Waals surface area contributed by atoms with Gasteiger partial charge in [0.2, 0.25) is 11.8 Å². The Kier molecular flexibility index (Phi) is 6.70. The molecule has 0 radical (unpaired) electrons. The normalized spacial score (nSPS) is 16.7. The molecule has 10 heteroatoms. The minimum atomic E-state index is -0.308. The number of carbonyl (C=O) groups excluding carboxylic acids is 2. The molecular weight excluding hydrogens is 470 g/mol. The van der Waals surface area contributed by atoms with E-state index >= 15 is 0 Å². The largest absolute Gasteiger partial charge is 0.487 e. The lowest BCUT2D eigenvalue weighted by Gasteiger charge is -2.38. The molecule has 2 aliphatic heterocycles. The lowest BCUT2D eigenvalue weighted by Crippen LogP contribution is -2.56. The summed E-state index contributed by atoms with van der Waals surface area (Å²) in [6.07, 6.45) is -0.0804. The second kappa shape index (κ2) is 10.1. The van der Waals surface area contributed by atoms with Gasteiger partial charge in [0.25, 0.3) is 0 Å². The Hall–Kier alpha value is -3.43. The van der Waals surface area contributed by atoms with Gasteiger partial charge in [-0.05, 0) is 42.0 Å². The number of likely N-dealkylation sites (tertiary alicyclic amines) is 1. The number of aromatic nitrogens is 2. The molecular formula is C25H26ClN5O4. The van der Waals surface area contributed by atoms with Crippen LogP contribution in [0.3, 0.4) is 0 Å². The van der Waals surface area contributed by atoms with E-state index in [1.807, 2.05) is 17.0 Å². The van der Waals surface area contributed by atoms with Gasteiger partial charge in [0.15, 0.2) is 0 Å². The Bertz CT molecular complexity index is 1180. The molecule has 0 aliphatic carbocycles. The summed E-state index contributed by atoms with van der Waals surface area (Å²) < 4.78 is 11.6. The maximum atomic E-state index is 12.6. The van der Waals surface area contributed by atoms with Crippen molar-refractivity contribution in [2.24, 2.45) is 0 Å². The predicted molar refractivity (Wildman–Crippen MR) is 129 cm³/mol. The molecule has 0 spiro atoms. The van der Waals surface area contributed by atoms with Crippen LogP contribution in [0.15, 0.2) is 52.9 Å². The zero-order valence-electron chi connectivity index (χ0n) is 19.4. The second-order valence-corrected chi connectivity index (χ2v) is 9.23. The van der Waals surface area contributed by atoms with Crippen LogP contribution in [0.5, 0.6) is 5.75 Å². The first kappa shape index (κ1) is 23.3. The molecule has 3 aromatic rings. The fraction of sp³-hybridized carbons (Fsp3) is 0.360. The van der Waals surface area contributed by atoms with Crippen molar-refractivity contribution in [3.63, 3.8) is 0 Å². The molecule has 0 bridgehead atoms. The summed E-state index contributed by atoms with van der Waals surface area (Å²) in [6.45, 7) is 6.70. The van der Waals surface area contributed by atoms with E-state index in [-0.39, 0.29) is 29.7 Å². The van der Waals surface area contributed by atoms with Crippen LogP contribution in [-0.2, 0) is 11.3 Å². The minimum Gasteiger partial charge on any atom is -0.487 e. The highest BCUT2D eigenvalue weighted by Gasteiger charge is 2.35. The summed E-state index contributed by atoms with van der Waals surface area (Å²) >= 11 is 5.90. The lowest BCUT2D eigenvalue weighted by molar-refractivity contribution is -0.130. The van der Waals surface area contributed by atoms with Crippen molar-refractivity contribution in [2.75, 3.05) is 39.3 Å². The van der Waals surface area contributed by atoms with Crippen molar-refractivity contribution in [3.8, 4) is 17.2 Å². The average molecular weight is 496 g/mol. The van der Waals surface area contributed by atoms with Gasteiger partial charge in [-0.2, -0.15) is 0 Å². The number of nitrogens with zero attached hydrogens (tertiary/aromatic N) is 5. The zero-order chi connectivity index (χ0) is 24.4. The maximum Gasteiger partial charge on any atom is 0.311 e. The fourth-order valence-corrected chi connectivity index (χ4v) is 4.30. The highest BCUT2D eigenvalue weighted by Crippen LogP contribution is 2.23. The SMILES string of the molecule is CC(=O)N1CCN(Cc2ccc(OC3CN(C(=O)c4nnc(-c5ccc(Cl)cc5)o4)C3)cc2)CC1. The van der Waals surface area contributed by atoms with Crippen LogP contribution >= 0.6 is 11.6 Å². The standard InChI is InChI=1S/C25H26ClN5O4/c1-17(32)30-12-10-29(11-13-30)14-18-2-8-21(9-3-18)34-22-15-31(16-22)25(33)24-28-27-23(35-24)19-4-6-20(26)7-5-19/h2-9,22H,10-16H2,1H3. The molecule has 2 saturated heterocycles. The van der Waals surface area contributed by atoms with Crippen LogP contribution in [0.25, 0.3) is 11.5 Å². The van der Waals surface area contributed by atoms with Gasteiger partial charge in [0.05, 0.1) is 13.1 Å². The summed E-state index contributed by atoms with van der Waals surface area (Å²) in [6, 6.07) is 15.0. The number of hydrogen-bond donors (Lipinski definition) is 0. The molecule has 9 nitrogen and oxygen atoms in total. The monoisotopic (exact) mass is 495 g/mol. The molecule has 1 aromatic heterocycles.